The van der Waals surface area contributed by atoms with Crippen molar-refractivity contribution < 1.29 is 9.53 Å². The Morgan fingerprint density at radius 2 is 2.00 bits per heavy atom. The molecule has 0 saturated heterocycles. The summed E-state index contributed by atoms with van der Waals surface area (Å²) < 4.78 is 5.65. The average Bonchev–Trinajstić information content (AvgIpc) is 2.76. The highest BCUT2D eigenvalue weighted by atomic mass is 35.5. The van der Waals surface area contributed by atoms with Crippen molar-refractivity contribution in [1.29, 1.82) is 0 Å². The molecule has 0 spiro atoms. The highest BCUT2D eigenvalue weighted by molar-refractivity contribution is 5.85. The van der Waals surface area contributed by atoms with E-state index in [-0.39, 0.29) is 18.3 Å². The lowest BCUT2D eigenvalue weighted by Crippen LogP contribution is -2.43. The molecule has 0 aromatic carbocycles. The van der Waals surface area contributed by atoms with Crippen LogP contribution in [0.3, 0.4) is 0 Å². The van der Waals surface area contributed by atoms with Gasteiger partial charge in [-0.15, -0.1) is 12.4 Å². The first-order chi connectivity index (χ1) is 7.56. The number of halogens is 1. The Hall–Kier alpha value is -0.320. The molecule has 3 N–H and O–H groups in total. The van der Waals surface area contributed by atoms with E-state index in [0.717, 1.165) is 0 Å². The number of carbonyl (C=O) groups excluding carboxylic acids is 1. The lowest BCUT2D eigenvalue weighted by Gasteiger charge is -2.21. The highest BCUT2D eigenvalue weighted by Crippen LogP contribution is 2.20. The normalized spacial score (nSPS) is 16.6. The van der Waals surface area contributed by atoms with Crippen molar-refractivity contribution in [2.75, 3.05) is 19.7 Å². The Labute approximate surface area is 110 Å². The van der Waals surface area contributed by atoms with Crippen molar-refractivity contribution in [2.45, 2.75) is 45.6 Å². The number of nitrogens with two attached hydrogens (primary N) is 1. The van der Waals surface area contributed by atoms with Gasteiger partial charge >= 0.3 is 0 Å². The van der Waals surface area contributed by atoms with E-state index in [2.05, 4.69) is 5.32 Å². The Balaban J connectivity index is 0.00000256. The van der Waals surface area contributed by atoms with Crippen LogP contribution in [0.15, 0.2) is 0 Å². The summed E-state index contributed by atoms with van der Waals surface area (Å²) in [6.45, 7) is 5.25. The molecule has 0 aliphatic heterocycles. The summed E-state index contributed by atoms with van der Waals surface area (Å²) >= 11 is 0. The van der Waals surface area contributed by atoms with Gasteiger partial charge in [0, 0.05) is 13.1 Å². The summed E-state index contributed by atoms with van der Waals surface area (Å²) in [4.78, 5) is 11.6. The van der Waals surface area contributed by atoms with E-state index in [9.17, 15) is 4.79 Å². The molecule has 5 heteroatoms. The second-order valence-electron chi connectivity index (χ2n) is 5.12. The van der Waals surface area contributed by atoms with Crippen LogP contribution in [0, 0.1) is 5.41 Å². The molecular formula is C12H25ClN2O2. The summed E-state index contributed by atoms with van der Waals surface area (Å²) in [6, 6.07) is 0. The van der Waals surface area contributed by atoms with Crippen LogP contribution in [-0.4, -0.2) is 31.7 Å². The van der Waals surface area contributed by atoms with E-state index >= 15 is 0 Å². The molecule has 0 unspecified atom stereocenters. The van der Waals surface area contributed by atoms with Gasteiger partial charge in [0.2, 0.25) is 5.91 Å². The van der Waals surface area contributed by atoms with Gasteiger partial charge in [0.05, 0.1) is 18.1 Å². The van der Waals surface area contributed by atoms with Crippen LogP contribution in [0.1, 0.15) is 39.5 Å². The fourth-order valence-electron chi connectivity index (χ4n) is 1.78. The molecule has 0 bridgehead atoms. The van der Waals surface area contributed by atoms with Crippen LogP contribution in [-0.2, 0) is 9.53 Å². The summed E-state index contributed by atoms with van der Waals surface area (Å²) in [5.74, 6) is 0.00465. The Morgan fingerprint density at radius 1 is 1.41 bits per heavy atom. The van der Waals surface area contributed by atoms with Gasteiger partial charge in [-0.05, 0) is 26.7 Å². The van der Waals surface area contributed by atoms with Crippen molar-refractivity contribution in [2.24, 2.45) is 11.1 Å². The number of ether oxygens (including phenoxy) is 1. The Bertz CT molecular complexity index is 229. The quantitative estimate of drug-likeness (QED) is 0.714. The zero-order valence-corrected chi connectivity index (χ0v) is 11.6. The van der Waals surface area contributed by atoms with E-state index in [0.29, 0.717) is 25.8 Å². The molecule has 1 aliphatic rings. The third-order valence-corrected chi connectivity index (χ3v) is 3.17. The number of rotatable bonds is 6. The minimum atomic E-state index is -0.479. The average molecular weight is 265 g/mol. The standard InChI is InChI=1S/C12H24N2O2.ClH/c1-12(2,9-13)11(15)14-7-8-16-10-5-3-4-6-10;/h10H,3-9,13H2,1-2H3,(H,14,15);1H. The largest absolute Gasteiger partial charge is 0.376 e. The molecule has 17 heavy (non-hydrogen) atoms. The second-order valence-corrected chi connectivity index (χ2v) is 5.12. The first-order valence-electron chi connectivity index (χ1n) is 6.16. The zero-order chi connectivity index (χ0) is 12.0. The summed E-state index contributed by atoms with van der Waals surface area (Å²) in [6.07, 6.45) is 5.30. The molecular weight excluding hydrogens is 240 g/mol. The topological polar surface area (TPSA) is 64.4 Å². The number of hydrogen-bond acceptors (Lipinski definition) is 3. The van der Waals surface area contributed by atoms with Crippen LogP contribution in [0.5, 0.6) is 0 Å². The van der Waals surface area contributed by atoms with Gasteiger partial charge in [0.1, 0.15) is 0 Å². The van der Waals surface area contributed by atoms with Crippen LogP contribution < -0.4 is 11.1 Å². The van der Waals surface area contributed by atoms with E-state index in [1.165, 1.54) is 25.7 Å². The van der Waals surface area contributed by atoms with Gasteiger partial charge in [-0.2, -0.15) is 0 Å². The predicted octanol–water partition coefficient (Wildman–Crippen LogP) is 1.47. The van der Waals surface area contributed by atoms with E-state index in [1.54, 1.807) is 0 Å². The number of carbonyl (C=O) groups is 1. The molecule has 1 fully saturated rings. The molecule has 0 radical (unpaired) electrons. The molecule has 0 aromatic rings. The first kappa shape index (κ1) is 16.7. The Morgan fingerprint density at radius 3 is 2.53 bits per heavy atom. The predicted molar refractivity (Wildman–Crippen MR) is 71.3 cm³/mol. The smallest absolute Gasteiger partial charge is 0.227 e. The molecule has 0 aromatic heterocycles. The Kier molecular flexibility index (Phi) is 7.75. The van der Waals surface area contributed by atoms with Crippen LogP contribution in [0.4, 0.5) is 0 Å². The van der Waals surface area contributed by atoms with E-state index in [4.69, 9.17) is 10.5 Å². The van der Waals surface area contributed by atoms with Crippen molar-refractivity contribution in [3.05, 3.63) is 0 Å². The summed E-state index contributed by atoms with van der Waals surface area (Å²) in [5.41, 5.74) is 5.04. The SMILES string of the molecule is CC(C)(CN)C(=O)NCCOC1CCCC1.Cl. The number of nitrogens with one attached hydrogen (secondary N) is 1. The van der Waals surface area contributed by atoms with Crippen molar-refractivity contribution >= 4 is 18.3 Å². The minimum Gasteiger partial charge on any atom is -0.376 e. The number of amides is 1. The first-order valence-corrected chi connectivity index (χ1v) is 6.16. The third-order valence-electron chi connectivity index (χ3n) is 3.17. The van der Waals surface area contributed by atoms with Crippen molar-refractivity contribution in [1.82, 2.24) is 5.32 Å². The molecule has 0 heterocycles. The van der Waals surface area contributed by atoms with E-state index in [1.807, 2.05) is 13.8 Å². The lowest BCUT2D eigenvalue weighted by molar-refractivity contribution is -0.129. The molecule has 1 rings (SSSR count). The molecule has 1 saturated carbocycles. The van der Waals surface area contributed by atoms with Crippen LogP contribution >= 0.6 is 12.4 Å². The third kappa shape index (κ3) is 5.70. The van der Waals surface area contributed by atoms with Crippen molar-refractivity contribution in [3.63, 3.8) is 0 Å². The molecule has 1 amide bonds. The molecule has 102 valence electrons. The fourth-order valence-corrected chi connectivity index (χ4v) is 1.78. The minimum absolute atomic E-state index is 0. The maximum atomic E-state index is 11.6. The summed E-state index contributed by atoms with van der Waals surface area (Å²) in [7, 11) is 0. The van der Waals surface area contributed by atoms with Gasteiger partial charge in [0.25, 0.3) is 0 Å². The van der Waals surface area contributed by atoms with Crippen molar-refractivity contribution in [3.8, 4) is 0 Å². The van der Waals surface area contributed by atoms with Gasteiger partial charge in [0.15, 0.2) is 0 Å². The zero-order valence-electron chi connectivity index (χ0n) is 10.8. The monoisotopic (exact) mass is 264 g/mol. The van der Waals surface area contributed by atoms with Crippen LogP contribution in [0.2, 0.25) is 0 Å². The fraction of sp³-hybridized carbons (Fsp3) is 0.917. The number of hydrogen-bond donors (Lipinski definition) is 2. The van der Waals surface area contributed by atoms with Crippen LogP contribution in [0.25, 0.3) is 0 Å². The van der Waals surface area contributed by atoms with E-state index < -0.39 is 5.41 Å². The molecule has 0 atom stereocenters. The van der Waals surface area contributed by atoms with Gasteiger partial charge in [-0.3, -0.25) is 4.79 Å². The van der Waals surface area contributed by atoms with Gasteiger partial charge in [-0.1, -0.05) is 12.8 Å². The van der Waals surface area contributed by atoms with Gasteiger partial charge in [-0.25, -0.2) is 0 Å². The molecule has 4 nitrogen and oxygen atoms in total. The highest BCUT2D eigenvalue weighted by Gasteiger charge is 2.25. The van der Waals surface area contributed by atoms with Gasteiger partial charge < -0.3 is 15.8 Å². The maximum Gasteiger partial charge on any atom is 0.227 e. The summed E-state index contributed by atoms with van der Waals surface area (Å²) in [5, 5.41) is 2.85. The molecule has 1 aliphatic carbocycles. The maximum absolute atomic E-state index is 11.6. The lowest BCUT2D eigenvalue weighted by atomic mass is 9.93. The second kappa shape index (κ2) is 7.90.